The first-order chi connectivity index (χ1) is 7.10. The number of halogens is 1. The molecular formula is C12H18FNO. The highest BCUT2D eigenvalue weighted by Gasteiger charge is 2.13. The summed E-state index contributed by atoms with van der Waals surface area (Å²) in [5.41, 5.74) is 7.48. The average molecular weight is 211 g/mol. The van der Waals surface area contributed by atoms with Crippen molar-refractivity contribution >= 4 is 0 Å². The number of rotatable bonds is 4. The molecular weight excluding hydrogens is 193 g/mol. The zero-order chi connectivity index (χ0) is 11.4. The lowest BCUT2D eigenvalue weighted by atomic mass is 9.93. The van der Waals surface area contributed by atoms with Crippen molar-refractivity contribution in [2.24, 2.45) is 5.73 Å². The Morgan fingerprint density at radius 1 is 1.47 bits per heavy atom. The summed E-state index contributed by atoms with van der Waals surface area (Å²) in [6.07, 6.45) is 0.855. The van der Waals surface area contributed by atoms with Gasteiger partial charge in [-0.1, -0.05) is 6.92 Å². The highest BCUT2D eigenvalue weighted by atomic mass is 19.1. The molecule has 0 aromatic heterocycles. The molecule has 0 fully saturated rings. The van der Waals surface area contributed by atoms with Crippen LogP contribution in [0.15, 0.2) is 12.1 Å². The Hall–Kier alpha value is -1.09. The summed E-state index contributed by atoms with van der Waals surface area (Å²) in [6, 6.07) is 2.98. The minimum Gasteiger partial charge on any atom is -0.496 e. The summed E-state index contributed by atoms with van der Waals surface area (Å²) in [5.74, 6) is 0.616. The molecule has 84 valence electrons. The van der Waals surface area contributed by atoms with Crippen molar-refractivity contribution < 1.29 is 9.13 Å². The maximum atomic E-state index is 13.3. The van der Waals surface area contributed by atoms with Gasteiger partial charge in [0.1, 0.15) is 11.6 Å². The number of hydrogen-bond donors (Lipinski definition) is 1. The van der Waals surface area contributed by atoms with Crippen LogP contribution in [0.3, 0.4) is 0 Å². The molecule has 1 rings (SSSR count). The molecule has 1 aromatic rings. The Bertz CT molecular complexity index is 339. The third-order valence-electron chi connectivity index (χ3n) is 2.72. The van der Waals surface area contributed by atoms with Crippen LogP contribution in [-0.2, 0) is 0 Å². The van der Waals surface area contributed by atoms with Gasteiger partial charge in [0.15, 0.2) is 0 Å². The Kier molecular flexibility index (Phi) is 4.09. The van der Waals surface area contributed by atoms with Gasteiger partial charge in [0, 0.05) is 6.07 Å². The van der Waals surface area contributed by atoms with Crippen molar-refractivity contribution in [3.8, 4) is 5.75 Å². The van der Waals surface area contributed by atoms with E-state index in [0.717, 1.165) is 17.5 Å². The molecule has 0 bridgehead atoms. The topological polar surface area (TPSA) is 35.2 Å². The second kappa shape index (κ2) is 5.12. The van der Waals surface area contributed by atoms with Gasteiger partial charge < -0.3 is 10.5 Å². The van der Waals surface area contributed by atoms with Gasteiger partial charge in [-0.3, -0.25) is 0 Å². The first-order valence-corrected chi connectivity index (χ1v) is 5.14. The van der Waals surface area contributed by atoms with E-state index < -0.39 is 0 Å². The van der Waals surface area contributed by atoms with Crippen LogP contribution in [0.2, 0.25) is 0 Å². The molecule has 1 atom stereocenters. The Balaban J connectivity index is 3.11. The molecule has 2 N–H and O–H groups in total. The molecule has 0 aliphatic heterocycles. The van der Waals surface area contributed by atoms with Gasteiger partial charge in [0.2, 0.25) is 0 Å². The lowest BCUT2D eigenvalue weighted by Crippen LogP contribution is -2.07. The third-order valence-corrected chi connectivity index (χ3v) is 2.72. The summed E-state index contributed by atoms with van der Waals surface area (Å²) < 4.78 is 18.4. The molecule has 0 aliphatic carbocycles. The molecule has 0 radical (unpaired) electrons. The summed E-state index contributed by atoms with van der Waals surface area (Å²) in [6.45, 7) is 4.61. The van der Waals surface area contributed by atoms with E-state index >= 15 is 0 Å². The molecule has 0 heterocycles. The fourth-order valence-electron chi connectivity index (χ4n) is 1.80. The molecule has 1 unspecified atom stereocenters. The molecule has 2 nitrogen and oxygen atoms in total. The van der Waals surface area contributed by atoms with Crippen molar-refractivity contribution in [1.82, 2.24) is 0 Å². The minimum absolute atomic E-state index is 0.253. The van der Waals surface area contributed by atoms with Crippen molar-refractivity contribution in [1.29, 1.82) is 0 Å². The first-order valence-electron chi connectivity index (χ1n) is 5.14. The Morgan fingerprint density at radius 2 is 2.13 bits per heavy atom. The number of hydrogen-bond acceptors (Lipinski definition) is 2. The lowest BCUT2D eigenvalue weighted by Gasteiger charge is -2.16. The van der Waals surface area contributed by atoms with E-state index in [1.54, 1.807) is 13.2 Å². The van der Waals surface area contributed by atoms with Crippen LogP contribution in [-0.4, -0.2) is 13.7 Å². The van der Waals surface area contributed by atoms with Gasteiger partial charge in [-0.25, -0.2) is 4.39 Å². The summed E-state index contributed by atoms with van der Waals surface area (Å²) in [7, 11) is 1.55. The van der Waals surface area contributed by atoms with E-state index in [4.69, 9.17) is 10.5 Å². The third kappa shape index (κ3) is 2.69. The second-order valence-corrected chi connectivity index (χ2v) is 3.80. The van der Waals surface area contributed by atoms with Crippen LogP contribution >= 0.6 is 0 Å². The first kappa shape index (κ1) is 12.0. The molecule has 0 saturated heterocycles. The van der Waals surface area contributed by atoms with Crippen LogP contribution in [0, 0.1) is 12.7 Å². The molecule has 0 saturated carbocycles. The molecule has 0 amide bonds. The quantitative estimate of drug-likeness (QED) is 0.830. The molecule has 3 heteroatoms. The van der Waals surface area contributed by atoms with Gasteiger partial charge in [-0.05, 0) is 43.0 Å². The van der Waals surface area contributed by atoms with E-state index in [1.165, 1.54) is 6.07 Å². The van der Waals surface area contributed by atoms with Gasteiger partial charge in [0.05, 0.1) is 7.11 Å². The highest BCUT2D eigenvalue weighted by Crippen LogP contribution is 2.29. The van der Waals surface area contributed by atoms with Gasteiger partial charge in [-0.2, -0.15) is 0 Å². The Morgan fingerprint density at radius 3 is 2.67 bits per heavy atom. The lowest BCUT2D eigenvalue weighted by molar-refractivity contribution is 0.406. The second-order valence-electron chi connectivity index (χ2n) is 3.80. The molecule has 1 aromatic carbocycles. The van der Waals surface area contributed by atoms with Crippen LogP contribution in [0.1, 0.15) is 30.4 Å². The van der Waals surface area contributed by atoms with Crippen LogP contribution < -0.4 is 10.5 Å². The smallest absolute Gasteiger partial charge is 0.127 e. The molecule has 0 aliphatic rings. The summed E-state index contributed by atoms with van der Waals surface area (Å²) in [5, 5.41) is 0. The van der Waals surface area contributed by atoms with Crippen LogP contribution in [0.5, 0.6) is 5.75 Å². The number of methoxy groups -OCH3 is 1. The van der Waals surface area contributed by atoms with Crippen molar-refractivity contribution in [2.45, 2.75) is 26.2 Å². The zero-order valence-corrected chi connectivity index (χ0v) is 9.51. The highest BCUT2D eigenvalue weighted by molar-refractivity contribution is 5.41. The van der Waals surface area contributed by atoms with Crippen LogP contribution in [0.25, 0.3) is 0 Å². The predicted octanol–water partition coefficient (Wildman–Crippen LogP) is 2.60. The van der Waals surface area contributed by atoms with E-state index in [2.05, 4.69) is 0 Å². The van der Waals surface area contributed by atoms with E-state index in [-0.39, 0.29) is 11.7 Å². The monoisotopic (exact) mass is 211 g/mol. The fraction of sp³-hybridized carbons (Fsp3) is 0.500. The minimum atomic E-state index is -0.253. The standard InChI is InChI=1S/C12H18FNO/c1-8(4-5-14)11-6-10(13)7-12(15-3)9(11)2/h6-8H,4-5,14H2,1-3H3. The van der Waals surface area contributed by atoms with E-state index in [1.807, 2.05) is 13.8 Å². The van der Waals surface area contributed by atoms with Crippen molar-refractivity contribution in [3.63, 3.8) is 0 Å². The SMILES string of the molecule is COc1cc(F)cc(C(C)CCN)c1C. The van der Waals surface area contributed by atoms with Crippen molar-refractivity contribution in [2.75, 3.05) is 13.7 Å². The molecule has 0 spiro atoms. The number of benzene rings is 1. The van der Waals surface area contributed by atoms with Gasteiger partial charge >= 0.3 is 0 Å². The maximum Gasteiger partial charge on any atom is 0.127 e. The average Bonchev–Trinajstić information content (AvgIpc) is 2.21. The maximum absolute atomic E-state index is 13.3. The normalized spacial score (nSPS) is 12.6. The van der Waals surface area contributed by atoms with E-state index in [0.29, 0.717) is 12.3 Å². The van der Waals surface area contributed by atoms with Crippen molar-refractivity contribution in [3.05, 3.63) is 29.1 Å². The number of ether oxygens (including phenoxy) is 1. The Labute approximate surface area is 90.2 Å². The van der Waals surface area contributed by atoms with Gasteiger partial charge in [0.25, 0.3) is 0 Å². The fourth-order valence-corrected chi connectivity index (χ4v) is 1.80. The predicted molar refractivity (Wildman–Crippen MR) is 59.8 cm³/mol. The molecule has 15 heavy (non-hydrogen) atoms. The van der Waals surface area contributed by atoms with E-state index in [9.17, 15) is 4.39 Å². The summed E-state index contributed by atoms with van der Waals surface area (Å²) in [4.78, 5) is 0. The summed E-state index contributed by atoms with van der Waals surface area (Å²) >= 11 is 0. The number of nitrogens with two attached hydrogens (primary N) is 1. The largest absolute Gasteiger partial charge is 0.496 e. The zero-order valence-electron chi connectivity index (χ0n) is 9.51. The van der Waals surface area contributed by atoms with Gasteiger partial charge in [-0.15, -0.1) is 0 Å². The van der Waals surface area contributed by atoms with Crippen LogP contribution in [0.4, 0.5) is 4.39 Å².